The number of carbonyl (C=O) groups is 1. The molecule has 12 heteroatoms. The largest absolute Gasteiger partial charge is 0.487 e. The number of ether oxygens (including phenoxy) is 3. The standard InChI is InChI=1S/C37H39ClFN5O5/c38-31-18-28(10-11-34(31)48-23-25-7-5-8-27(39)17-25)43-37-26(21-40)22-42-32-20-35(49-29-12-16-47-24-29)33(19-30(32)37)44-36(46)9-6-14-41-13-3-1-2-4-15-45/h5-11,17-20,22,29,41,45H,1-4,12-16,23-24H2,(H,42,43)(H,44,46). The lowest BCUT2D eigenvalue weighted by atomic mass is 10.1. The summed E-state index contributed by atoms with van der Waals surface area (Å²) in [5, 5.41) is 29.3. The molecule has 10 nitrogen and oxygen atoms in total. The summed E-state index contributed by atoms with van der Waals surface area (Å²) in [5.41, 5.74) is 2.98. The van der Waals surface area contributed by atoms with E-state index in [2.05, 4.69) is 27.0 Å². The fourth-order valence-corrected chi connectivity index (χ4v) is 5.52. The van der Waals surface area contributed by atoms with Crippen LogP contribution < -0.4 is 25.4 Å². The van der Waals surface area contributed by atoms with Crippen molar-refractivity contribution in [2.75, 3.05) is 43.5 Å². The average Bonchev–Trinajstić information content (AvgIpc) is 3.61. The third-order valence-corrected chi connectivity index (χ3v) is 8.10. The Morgan fingerprint density at radius 3 is 2.80 bits per heavy atom. The molecule has 4 aromatic rings. The molecule has 256 valence electrons. The molecule has 0 radical (unpaired) electrons. The van der Waals surface area contributed by atoms with Crippen molar-refractivity contribution in [3.63, 3.8) is 0 Å². The van der Waals surface area contributed by atoms with Crippen LogP contribution in [0.1, 0.15) is 43.2 Å². The number of unbranched alkanes of at least 4 members (excludes halogenated alkanes) is 3. The highest BCUT2D eigenvalue weighted by Crippen LogP contribution is 2.38. The lowest BCUT2D eigenvalue weighted by Gasteiger charge is -2.19. The van der Waals surface area contributed by atoms with E-state index in [-0.39, 0.29) is 36.6 Å². The second kappa shape index (κ2) is 18.1. The van der Waals surface area contributed by atoms with Gasteiger partial charge in [-0.25, -0.2) is 4.39 Å². The summed E-state index contributed by atoms with van der Waals surface area (Å²) >= 11 is 6.55. The molecule has 3 aromatic carbocycles. The van der Waals surface area contributed by atoms with Gasteiger partial charge in [-0.2, -0.15) is 5.26 Å². The molecule has 0 aliphatic carbocycles. The Labute approximate surface area is 289 Å². The topological polar surface area (TPSA) is 138 Å². The first-order valence-electron chi connectivity index (χ1n) is 16.3. The number of amides is 1. The summed E-state index contributed by atoms with van der Waals surface area (Å²) in [4.78, 5) is 17.5. The van der Waals surface area contributed by atoms with Crippen molar-refractivity contribution in [1.29, 1.82) is 5.26 Å². The molecular formula is C37H39ClFN5O5. The van der Waals surface area contributed by atoms with Crippen LogP contribution in [0.25, 0.3) is 10.9 Å². The zero-order valence-corrected chi connectivity index (χ0v) is 27.8. The second-order valence-electron chi connectivity index (χ2n) is 11.6. The van der Waals surface area contributed by atoms with E-state index < -0.39 is 0 Å². The van der Waals surface area contributed by atoms with Gasteiger partial charge in [0.25, 0.3) is 0 Å². The zero-order chi connectivity index (χ0) is 34.4. The molecule has 4 N–H and O–H groups in total. The quantitative estimate of drug-likeness (QED) is 0.0681. The Bertz CT molecular complexity index is 1810. The minimum atomic E-state index is -0.347. The summed E-state index contributed by atoms with van der Waals surface area (Å²) in [6.07, 6.45) is 9.09. The molecule has 1 amide bonds. The summed E-state index contributed by atoms with van der Waals surface area (Å²) in [5.74, 6) is 0.175. The maximum atomic E-state index is 13.6. The molecule has 1 aromatic heterocycles. The van der Waals surface area contributed by atoms with Crippen molar-refractivity contribution in [2.45, 2.75) is 44.8 Å². The number of anilines is 3. The number of aromatic nitrogens is 1. The molecule has 1 saturated heterocycles. The van der Waals surface area contributed by atoms with Crippen LogP contribution in [0, 0.1) is 17.1 Å². The van der Waals surface area contributed by atoms with E-state index >= 15 is 0 Å². The molecule has 5 rings (SSSR count). The van der Waals surface area contributed by atoms with E-state index in [4.69, 9.17) is 30.9 Å². The number of rotatable bonds is 17. The number of carbonyl (C=O) groups excluding carboxylic acids is 1. The predicted octanol–water partition coefficient (Wildman–Crippen LogP) is 7.03. The monoisotopic (exact) mass is 687 g/mol. The molecule has 1 aliphatic heterocycles. The van der Waals surface area contributed by atoms with Crippen molar-refractivity contribution in [1.82, 2.24) is 10.3 Å². The number of halogens is 2. The van der Waals surface area contributed by atoms with Gasteiger partial charge in [-0.05, 0) is 61.3 Å². The lowest BCUT2D eigenvalue weighted by Crippen LogP contribution is -2.18. The Morgan fingerprint density at radius 2 is 2.02 bits per heavy atom. The molecule has 1 atom stereocenters. The first kappa shape index (κ1) is 35.6. The van der Waals surface area contributed by atoms with Crippen LogP contribution in [0.3, 0.4) is 0 Å². The van der Waals surface area contributed by atoms with Gasteiger partial charge in [0.1, 0.15) is 36.1 Å². The zero-order valence-electron chi connectivity index (χ0n) is 27.0. The minimum absolute atomic E-state index is 0.140. The first-order chi connectivity index (χ1) is 23.9. The number of nitrogens with zero attached hydrogens (tertiary/aromatic N) is 2. The molecule has 0 spiro atoms. The van der Waals surface area contributed by atoms with Crippen LogP contribution in [0.15, 0.2) is 72.9 Å². The Hall–Kier alpha value is -4.73. The van der Waals surface area contributed by atoms with E-state index in [1.54, 1.807) is 48.5 Å². The highest BCUT2D eigenvalue weighted by molar-refractivity contribution is 6.32. The molecule has 2 heterocycles. The normalized spacial score (nSPS) is 14.2. The van der Waals surface area contributed by atoms with Gasteiger partial charge in [-0.1, -0.05) is 42.7 Å². The summed E-state index contributed by atoms with van der Waals surface area (Å²) in [7, 11) is 0. The van der Waals surface area contributed by atoms with Gasteiger partial charge < -0.3 is 35.3 Å². The molecule has 1 aliphatic rings. The molecule has 0 saturated carbocycles. The number of pyridine rings is 1. The molecule has 0 bridgehead atoms. The van der Waals surface area contributed by atoms with Crippen LogP contribution in [0.5, 0.6) is 11.5 Å². The number of fused-ring (bicyclic) bond motifs is 1. The van der Waals surface area contributed by atoms with E-state index in [1.807, 2.05) is 0 Å². The second-order valence-corrected chi connectivity index (χ2v) is 12.0. The number of benzene rings is 3. The highest BCUT2D eigenvalue weighted by Gasteiger charge is 2.21. The molecular weight excluding hydrogens is 649 g/mol. The number of aliphatic hydroxyl groups is 1. The Balaban J connectivity index is 1.34. The summed E-state index contributed by atoms with van der Waals surface area (Å²) in [6.45, 7) is 2.75. The first-order valence-corrected chi connectivity index (χ1v) is 16.7. The summed E-state index contributed by atoms with van der Waals surface area (Å²) < 4.78 is 31.1. The van der Waals surface area contributed by atoms with Gasteiger partial charge in [0.2, 0.25) is 5.91 Å². The van der Waals surface area contributed by atoms with Crippen molar-refractivity contribution in [2.24, 2.45) is 0 Å². The van der Waals surface area contributed by atoms with Crippen LogP contribution >= 0.6 is 11.6 Å². The van der Waals surface area contributed by atoms with Crippen LogP contribution in [-0.2, 0) is 16.1 Å². The number of nitrogens with one attached hydrogen (secondary N) is 3. The third-order valence-electron chi connectivity index (χ3n) is 7.81. The maximum Gasteiger partial charge on any atom is 0.248 e. The smallest absolute Gasteiger partial charge is 0.248 e. The number of nitriles is 1. The van der Waals surface area contributed by atoms with Gasteiger partial charge in [-0.15, -0.1) is 0 Å². The van der Waals surface area contributed by atoms with Crippen molar-refractivity contribution in [3.8, 4) is 17.6 Å². The Kier molecular flexibility index (Phi) is 13.2. The van der Waals surface area contributed by atoms with E-state index in [9.17, 15) is 14.4 Å². The molecule has 1 fully saturated rings. The molecule has 49 heavy (non-hydrogen) atoms. The predicted molar refractivity (Wildman–Crippen MR) is 188 cm³/mol. The average molecular weight is 688 g/mol. The fraction of sp³-hybridized carbons (Fsp3) is 0.324. The Morgan fingerprint density at radius 1 is 1.14 bits per heavy atom. The highest BCUT2D eigenvalue weighted by atomic mass is 35.5. The van der Waals surface area contributed by atoms with E-state index in [1.165, 1.54) is 24.4 Å². The van der Waals surface area contributed by atoms with E-state index in [0.717, 1.165) is 32.2 Å². The maximum absolute atomic E-state index is 13.6. The van der Waals surface area contributed by atoms with Gasteiger partial charge in [0.15, 0.2) is 0 Å². The van der Waals surface area contributed by atoms with Crippen molar-refractivity contribution >= 4 is 45.5 Å². The van der Waals surface area contributed by atoms with Crippen molar-refractivity contribution in [3.05, 3.63) is 94.9 Å². The van der Waals surface area contributed by atoms with Crippen LogP contribution in [0.4, 0.5) is 21.5 Å². The van der Waals surface area contributed by atoms with Gasteiger partial charge >= 0.3 is 0 Å². The van der Waals surface area contributed by atoms with Gasteiger partial charge in [-0.3, -0.25) is 9.78 Å². The SMILES string of the molecule is N#Cc1cnc2cc(OC3CCOC3)c(NC(=O)C=CCNCCCCCCO)cc2c1Nc1ccc(OCc2cccc(F)c2)c(Cl)c1. The lowest BCUT2D eigenvalue weighted by molar-refractivity contribution is -0.111. The number of hydrogen-bond donors (Lipinski definition) is 4. The van der Waals surface area contributed by atoms with Crippen molar-refractivity contribution < 1.29 is 28.5 Å². The number of hydrogen-bond acceptors (Lipinski definition) is 9. The summed E-state index contributed by atoms with van der Waals surface area (Å²) in [6, 6.07) is 16.9. The fourth-order valence-electron chi connectivity index (χ4n) is 5.29. The molecule has 1 unspecified atom stereocenters. The van der Waals surface area contributed by atoms with Crippen LogP contribution in [-0.4, -0.2) is 55.0 Å². The number of aliphatic hydroxyl groups excluding tert-OH is 1. The van der Waals surface area contributed by atoms with Crippen LogP contribution in [0.2, 0.25) is 5.02 Å². The van der Waals surface area contributed by atoms with Gasteiger partial charge in [0, 0.05) is 49.0 Å². The minimum Gasteiger partial charge on any atom is -0.487 e. The van der Waals surface area contributed by atoms with E-state index in [0.29, 0.717) is 76.2 Å². The van der Waals surface area contributed by atoms with Gasteiger partial charge in [0.05, 0.1) is 40.7 Å². The third kappa shape index (κ3) is 10.4.